The van der Waals surface area contributed by atoms with Gasteiger partial charge in [-0.15, -0.1) is 0 Å². The lowest BCUT2D eigenvalue weighted by atomic mass is 10.1. The van der Waals surface area contributed by atoms with Crippen molar-refractivity contribution in [3.8, 4) is 0 Å². The smallest absolute Gasteiger partial charge is 0.462 e. The Labute approximate surface area is 629 Å². The Balaban J connectivity index is 5.44. The van der Waals surface area contributed by atoms with E-state index in [1.165, 1.54) is 12.8 Å². The number of allylic oxidation sites excluding steroid dienone is 28. The third-order valence-corrected chi connectivity index (χ3v) is 17.6. The van der Waals surface area contributed by atoms with Gasteiger partial charge in [-0.05, 0) is 161 Å². The highest BCUT2D eigenvalue weighted by Crippen LogP contribution is 2.45. The molecular weight excluding hydrogens is 1350 g/mol. The topological polar surface area (TPSA) is 237 Å². The second-order valence-electron chi connectivity index (χ2n) is 25.5. The molecule has 5 atom stereocenters. The summed E-state index contributed by atoms with van der Waals surface area (Å²) in [6.45, 7) is 4.35. The molecular formula is C85H138O17P2. The molecule has 0 radical (unpaired) electrons. The fourth-order valence-electron chi connectivity index (χ4n) is 9.75. The van der Waals surface area contributed by atoms with Crippen LogP contribution in [-0.2, 0) is 65.4 Å². The highest BCUT2D eigenvalue weighted by atomic mass is 31.2. The Bertz CT molecular complexity index is 2640. The van der Waals surface area contributed by atoms with Crippen molar-refractivity contribution in [2.24, 2.45) is 0 Å². The van der Waals surface area contributed by atoms with Crippen LogP contribution in [0.15, 0.2) is 170 Å². The molecule has 3 N–H and O–H groups in total. The van der Waals surface area contributed by atoms with Crippen LogP contribution in [-0.4, -0.2) is 96.7 Å². The number of unbranched alkanes of at least 4 members (excludes halogenated alkanes) is 18. The van der Waals surface area contributed by atoms with Crippen molar-refractivity contribution < 1.29 is 80.2 Å². The average molecular weight is 1490 g/mol. The fourth-order valence-corrected chi connectivity index (χ4v) is 11.3. The van der Waals surface area contributed by atoms with E-state index in [1.54, 1.807) is 0 Å². The zero-order chi connectivity index (χ0) is 76.0. The number of phosphoric acid groups is 2. The molecule has 0 spiro atoms. The second-order valence-corrected chi connectivity index (χ2v) is 28.4. The SMILES string of the molecule is CC/C=C\C/C=C\C/C=C\C/C=C\C/C=C\CCCCCC(=O)OCC(COP(=O)(O)OCC(O)COP(=O)(O)OCC(COC(=O)CCC/C=C\C/C=C\C/C=C\C/C=C\C/C=C\CC)OC(=O)CCCCCCC/C=C\CCCC)OC(=O)CCCCCCCCC/C=C\C/C=C\C/C=C\CC. The molecule has 0 fully saturated rings. The number of aliphatic hydroxyl groups excluding tert-OH is 1. The van der Waals surface area contributed by atoms with E-state index in [-0.39, 0.29) is 25.7 Å². The van der Waals surface area contributed by atoms with E-state index in [2.05, 4.69) is 186 Å². The first kappa shape index (κ1) is 98.4. The largest absolute Gasteiger partial charge is 0.472 e. The summed E-state index contributed by atoms with van der Waals surface area (Å²) in [4.78, 5) is 72.9. The number of ether oxygens (including phenoxy) is 4. The Kier molecular flexibility index (Phi) is 71.6. The molecule has 0 aliphatic carbocycles. The molecule has 0 saturated carbocycles. The van der Waals surface area contributed by atoms with Crippen molar-refractivity contribution in [2.45, 2.75) is 303 Å². The van der Waals surface area contributed by atoms with Gasteiger partial charge in [-0.1, -0.05) is 268 Å². The quantitative estimate of drug-likeness (QED) is 0.0169. The minimum atomic E-state index is -5.00. The van der Waals surface area contributed by atoms with Gasteiger partial charge in [-0.2, -0.15) is 0 Å². The Morgan fingerprint density at radius 2 is 0.510 bits per heavy atom. The summed E-state index contributed by atoms with van der Waals surface area (Å²) in [6, 6.07) is 0. The molecule has 0 aliphatic heterocycles. The molecule has 5 unspecified atom stereocenters. The van der Waals surface area contributed by atoms with Gasteiger partial charge in [-0.25, -0.2) is 9.13 Å². The molecule has 590 valence electrons. The van der Waals surface area contributed by atoms with Crippen LogP contribution < -0.4 is 0 Å². The van der Waals surface area contributed by atoms with Crippen LogP contribution in [0.1, 0.15) is 285 Å². The van der Waals surface area contributed by atoms with E-state index in [4.69, 9.17) is 37.0 Å². The van der Waals surface area contributed by atoms with Gasteiger partial charge in [0, 0.05) is 25.7 Å². The lowest BCUT2D eigenvalue weighted by molar-refractivity contribution is -0.161. The Hall–Kier alpha value is -5.58. The number of hydrogen-bond acceptors (Lipinski definition) is 15. The van der Waals surface area contributed by atoms with Gasteiger partial charge in [0.15, 0.2) is 12.2 Å². The van der Waals surface area contributed by atoms with Crippen molar-refractivity contribution >= 4 is 39.5 Å². The fraction of sp³-hybridized carbons (Fsp3) is 0.624. The van der Waals surface area contributed by atoms with Gasteiger partial charge in [0.1, 0.15) is 19.3 Å². The van der Waals surface area contributed by atoms with E-state index in [0.29, 0.717) is 32.1 Å². The monoisotopic (exact) mass is 1490 g/mol. The standard InChI is InChI=1S/C85H138O17P2/c1-5-9-13-17-21-25-29-32-35-38-39-42-44-47-51-54-58-62-66-70-83(88)96-76-81(102-85(90)72-68-64-60-56-52-48-45-41-37-34-31-27-23-19-15-11-7-3)78-100-104(93,94)98-74-79(86)73-97-103(91,92)99-77-80(101-84(89)71-67-63-59-55-49-28-24-20-16-12-8-4)75-95-82(87)69-65-61-57-53-50-46-43-40-36-33-30-26-22-18-14-10-6-2/h9-11,13-15,20-27,32-37,39,42-43,46-47,51,53,57,79-81,86H,5-8,12,16-19,28-31,38,40-41,44-45,48-50,52,54-56,58-78H2,1-4H3,(H,91,92)(H,93,94)/b13-9-,14-10-,15-11-,24-20-,25-21-,26-22-,27-23-,35-32-,36-33-,37-34-,42-39-,46-43-,51-47-,57-53-. The molecule has 0 bridgehead atoms. The summed E-state index contributed by atoms with van der Waals surface area (Å²) in [6.07, 6.45) is 89.2. The molecule has 104 heavy (non-hydrogen) atoms. The maximum absolute atomic E-state index is 13.1. The van der Waals surface area contributed by atoms with E-state index in [9.17, 15) is 43.2 Å². The van der Waals surface area contributed by atoms with Gasteiger partial charge in [0.25, 0.3) is 0 Å². The average Bonchev–Trinajstić information content (AvgIpc) is 0.931. The van der Waals surface area contributed by atoms with Gasteiger partial charge in [0.2, 0.25) is 0 Å². The summed E-state index contributed by atoms with van der Waals surface area (Å²) in [5, 5.41) is 10.6. The van der Waals surface area contributed by atoms with Gasteiger partial charge in [-0.3, -0.25) is 37.3 Å². The number of rotatable bonds is 72. The van der Waals surface area contributed by atoms with Crippen molar-refractivity contribution in [2.75, 3.05) is 39.6 Å². The first-order valence-electron chi connectivity index (χ1n) is 39.4. The van der Waals surface area contributed by atoms with Gasteiger partial charge in [0.05, 0.1) is 26.4 Å². The molecule has 0 saturated heterocycles. The normalized spacial score (nSPS) is 14.8. The van der Waals surface area contributed by atoms with Crippen LogP contribution in [0.5, 0.6) is 0 Å². The van der Waals surface area contributed by atoms with Crippen LogP contribution in [0.2, 0.25) is 0 Å². The van der Waals surface area contributed by atoms with E-state index < -0.39 is 97.5 Å². The number of hydrogen-bond donors (Lipinski definition) is 3. The highest BCUT2D eigenvalue weighted by Gasteiger charge is 2.30. The number of esters is 4. The number of aliphatic hydroxyl groups is 1. The predicted molar refractivity (Wildman–Crippen MR) is 426 cm³/mol. The van der Waals surface area contributed by atoms with Crippen LogP contribution >= 0.6 is 15.6 Å². The van der Waals surface area contributed by atoms with Crippen LogP contribution in [0.3, 0.4) is 0 Å². The zero-order valence-corrected chi connectivity index (χ0v) is 66.2. The molecule has 0 amide bonds. The maximum atomic E-state index is 13.1. The Morgan fingerprint density at radius 1 is 0.279 bits per heavy atom. The molecule has 0 heterocycles. The predicted octanol–water partition coefficient (Wildman–Crippen LogP) is 23.0. The van der Waals surface area contributed by atoms with Crippen molar-refractivity contribution in [1.82, 2.24) is 0 Å². The first-order chi connectivity index (χ1) is 50.7. The molecule has 0 rings (SSSR count). The zero-order valence-electron chi connectivity index (χ0n) is 64.4. The third-order valence-electron chi connectivity index (χ3n) is 15.7. The van der Waals surface area contributed by atoms with E-state index >= 15 is 0 Å². The van der Waals surface area contributed by atoms with Gasteiger partial charge >= 0.3 is 39.5 Å². The molecule has 0 aromatic rings. The van der Waals surface area contributed by atoms with Crippen molar-refractivity contribution in [3.05, 3.63) is 170 Å². The summed E-state index contributed by atoms with van der Waals surface area (Å²) >= 11 is 0. The van der Waals surface area contributed by atoms with Crippen molar-refractivity contribution in [1.29, 1.82) is 0 Å². The summed E-state index contributed by atoms with van der Waals surface area (Å²) in [7, 11) is -10.00. The summed E-state index contributed by atoms with van der Waals surface area (Å²) < 4.78 is 68.5. The number of phosphoric ester groups is 2. The molecule has 0 aliphatic rings. The second kappa shape index (κ2) is 75.6. The Morgan fingerprint density at radius 3 is 0.827 bits per heavy atom. The summed E-state index contributed by atoms with van der Waals surface area (Å²) in [5.74, 6) is -2.31. The maximum Gasteiger partial charge on any atom is 0.472 e. The number of carbonyl (C=O) groups excluding carboxylic acids is 4. The van der Waals surface area contributed by atoms with E-state index in [1.807, 2.05) is 12.2 Å². The van der Waals surface area contributed by atoms with Crippen LogP contribution in [0, 0.1) is 0 Å². The first-order valence-corrected chi connectivity index (χ1v) is 42.4. The number of carbonyl (C=O) groups is 4. The van der Waals surface area contributed by atoms with E-state index in [0.717, 1.165) is 186 Å². The third kappa shape index (κ3) is 74.7. The molecule has 17 nitrogen and oxygen atoms in total. The van der Waals surface area contributed by atoms with Crippen molar-refractivity contribution in [3.63, 3.8) is 0 Å². The minimum Gasteiger partial charge on any atom is -0.462 e. The minimum absolute atomic E-state index is 0.0661. The lowest BCUT2D eigenvalue weighted by Crippen LogP contribution is -2.30. The van der Waals surface area contributed by atoms with Crippen LogP contribution in [0.25, 0.3) is 0 Å². The molecule has 19 heteroatoms. The van der Waals surface area contributed by atoms with Gasteiger partial charge < -0.3 is 33.8 Å². The molecule has 0 aromatic carbocycles. The molecule has 0 aromatic heterocycles. The van der Waals surface area contributed by atoms with Crippen LogP contribution in [0.4, 0.5) is 0 Å². The summed E-state index contributed by atoms with van der Waals surface area (Å²) in [5.41, 5.74) is 0. The lowest BCUT2D eigenvalue weighted by Gasteiger charge is -2.21. The highest BCUT2D eigenvalue weighted by molar-refractivity contribution is 7.47.